The van der Waals surface area contributed by atoms with E-state index >= 15 is 0 Å². The van der Waals surface area contributed by atoms with Crippen molar-refractivity contribution in [2.45, 2.75) is 6.42 Å². The number of hydrogen-bond acceptors (Lipinski definition) is 4. The van der Waals surface area contributed by atoms with E-state index in [0.717, 1.165) is 6.42 Å². The molecule has 31 heavy (non-hydrogen) atoms. The Labute approximate surface area is 187 Å². The first kappa shape index (κ1) is 22.1. The van der Waals surface area contributed by atoms with Crippen LogP contribution in [0.2, 0.25) is 0 Å². The highest BCUT2D eigenvalue weighted by Gasteiger charge is 2.10. The molecule has 0 heterocycles. The summed E-state index contributed by atoms with van der Waals surface area (Å²) in [6.45, 7) is 4.58. The molecule has 0 unspecified atom stereocenters. The van der Waals surface area contributed by atoms with E-state index in [1.165, 1.54) is 5.56 Å². The Morgan fingerprint density at radius 3 is 2.39 bits per heavy atom. The van der Waals surface area contributed by atoms with Crippen molar-refractivity contribution in [2.24, 2.45) is 0 Å². The lowest BCUT2D eigenvalue weighted by Crippen LogP contribution is -2.34. The van der Waals surface area contributed by atoms with Gasteiger partial charge in [0.15, 0.2) is 5.11 Å². The second-order valence-electron chi connectivity index (χ2n) is 6.61. The predicted octanol–water partition coefficient (Wildman–Crippen LogP) is 5.00. The SMILES string of the molecule is C=CCOc1ccccc1NC(=S)NC(=O)c1ccc(OCCc2ccccc2)cc1. The van der Waals surface area contributed by atoms with Crippen LogP contribution in [0.3, 0.4) is 0 Å². The molecule has 6 heteroatoms. The molecule has 0 spiro atoms. The van der Waals surface area contributed by atoms with E-state index in [4.69, 9.17) is 21.7 Å². The summed E-state index contributed by atoms with van der Waals surface area (Å²) in [5.74, 6) is 1.02. The highest BCUT2D eigenvalue weighted by Crippen LogP contribution is 2.23. The molecular formula is C25H24N2O3S. The molecule has 0 aliphatic heterocycles. The Balaban J connectivity index is 1.50. The Morgan fingerprint density at radius 1 is 0.935 bits per heavy atom. The number of rotatable bonds is 9. The number of ether oxygens (including phenoxy) is 2. The largest absolute Gasteiger partial charge is 0.493 e. The summed E-state index contributed by atoms with van der Waals surface area (Å²) in [4.78, 5) is 12.5. The molecule has 0 aromatic heterocycles. The number of amides is 1. The monoisotopic (exact) mass is 432 g/mol. The van der Waals surface area contributed by atoms with Gasteiger partial charge in [0.25, 0.3) is 5.91 Å². The van der Waals surface area contributed by atoms with Crippen molar-refractivity contribution >= 4 is 28.9 Å². The summed E-state index contributed by atoms with van der Waals surface area (Å²) in [6.07, 6.45) is 2.48. The van der Waals surface area contributed by atoms with Gasteiger partial charge in [-0.25, -0.2) is 0 Å². The standard InChI is InChI=1S/C25H24N2O3S/c1-2-17-30-23-11-7-6-10-22(23)26-25(31)27-24(28)20-12-14-21(15-13-20)29-18-16-19-8-4-3-5-9-19/h2-15H,1,16-18H2,(H2,26,27,28,31). The van der Waals surface area contributed by atoms with Crippen LogP contribution in [-0.4, -0.2) is 24.2 Å². The Kier molecular flexibility index (Phi) is 8.20. The van der Waals surface area contributed by atoms with E-state index in [2.05, 4.69) is 29.3 Å². The molecule has 5 nitrogen and oxygen atoms in total. The molecule has 158 valence electrons. The number of benzene rings is 3. The Bertz CT molecular complexity index is 1020. The fraction of sp³-hybridized carbons (Fsp3) is 0.120. The number of para-hydroxylation sites is 2. The van der Waals surface area contributed by atoms with Crippen LogP contribution < -0.4 is 20.1 Å². The summed E-state index contributed by atoms with van der Waals surface area (Å²) in [7, 11) is 0. The van der Waals surface area contributed by atoms with Gasteiger partial charge in [0.1, 0.15) is 18.1 Å². The van der Waals surface area contributed by atoms with Crippen LogP contribution in [0.5, 0.6) is 11.5 Å². The second kappa shape index (κ2) is 11.5. The maximum Gasteiger partial charge on any atom is 0.257 e. The van der Waals surface area contributed by atoms with Gasteiger partial charge in [-0.1, -0.05) is 55.1 Å². The molecule has 1 amide bonds. The zero-order valence-corrected chi connectivity index (χ0v) is 17.9. The summed E-state index contributed by atoms with van der Waals surface area (Å²) in [6, 6.07) is 24.4. The lowest BCUT2D eigenvalue weighted by molar-refractivity contribution is 0.0977. The molecule has 0 atom stereocenters. The molecule has 3 aromatic carbocycles. The molecule has 0 radical (unpaired) electrons. The van der Waals surface area contributed by atoms with Crippen molar-refractivity contribution in [3.8, 4) is 11.5 Å². The third-order valence-electron chi connectivity index (χ3n) is 4.34. The molecule has 0 aliphatic rings. The fourth-order valence-electron chi connectivity index (χ4n) is 2.81. The van der Waals surface area contributed by atoms with Crippen LogP contribution in [-0.2, 0) is 6.42 Å². The van der Waals surface area contributed by atoms with Gasteiger partial charge in [-0.05, 0) is 54.2 Å². The summed E-state index contributed by atoms with van der Waals surface area (Å²) >= 11 is 5.27. The maximum atomic E-state index is 12.5. The van der Waals surface area contributed by atoms with E-state index in [-0.39, 0.29) is 11.0 Å². The molecule has 0 saturated carbocycles. The summed E-state index contributed by atoms with van der Waals surface area (Å²) < 4.78 is 11.3. The topological polar surface area (TPSA) is 59.6 Å². The van der Waals surface area contributed by atoms with Crippen LogP contribution in [0.1, 0.15) is 15.9 Å². The van der Waals surface area contributed by atoms with Crippen molar-refractivity contribution in [1.82, 2.24) is 5.32 Å². The van der Waals surface area contributed by atoms with Gasteiger partial charge in [0.2, 0.25) is 0 Å². The van der Waals surface area contributed by atoms with Crippen molar-refractivity contribution in [1.29, 1.82) is 0 Å². The van der Waals surface area contributed by atoms with Gasteiger partial charge in [-0.2, -0.15) is 0 Å². The van der Waals surface area contributed by atoms with E-state index in [0.29, 0.717) is 36.0 Å². The molecule has 2 N–H and O–H groups in total. The fourth-order valence-corrected chi connectivity index (χ4v) is 3.01. The number of carbonyl (C=O) groups is 1. The lowest BCUT2D eigenvalue weighted by atomic mass is 10.2. The quantitative estimate of drug-likeness (QED) is 0.368. The van der Waals surface area contributed by atoms with Gasteiger partial charge < -0.3 is 14.8 Å². The first-order chi connectivity index (χ1) is 15.2. The van der Waals surface area contributed by atoms with Crippen molar-refractivity contribution in [2.75, 3.05) is 18.5 Å². The van der Waals surface area contributed by atoms with E-state index < -0.39 is 0 Å². The van der Waals surface area contributed by atoms with Crippen molar-refractivity contribution < 1.29 is 14.3 Å². The molecule has 3 rings (SSSR count). The van der Waals surface area contributed by atoms with Gasteiger partial charge in [0, 0.05) is 12.0 Å². The van der Waals surface area contributed by atoms with Gasteiger partial charge >= 0.3 is 0 Å². The van der Waals surface area contributed by atoms with Gasteiger partial charge in [-0.3, -0.25) is 10.1 Å². The van der Waals surface area contributed by atoms with Gasteiger partial charge in [-0.15, -0.1) is 0 Å². The zero-order valence-electron chi connectivity index (χ0n) is 17.0. The molecular weight excluding hydrogens is 408 g/mol. The van der Waals surface area contributed by atoms with E-state index in [1.807, 2.05) is 42.5 Å². The molecule has 0 fully saturated rings. The second-order valence-corrected chi connectivity index (χ2v) is 7.02. The van der Waals surface area contributed by atoms with Crippen LogP contribution >= 0.6 is 12.2 Å². The highest BCUT2D eigenvalue weighted by atomic mass is 32.1. The van der Waals surface area contributed by atoms with E-state index in [1.54, 1.807) is 30.3 Å². The number of nitrogens with one attached hydrogen (secondary N) is 2. The Hall–Kier alpha value is -3.64. The van der Waals surface area contributed by atoms with Crippen LogP contribution in [0.4, 0.5) is 5.69 Å². The van der Waals surface area contributed by atoms with Gasteiger partial charge in [0.05, 0.1) is 12.3 Å². The lowest BCUT2D eigenvalue weighted by Gasteiger charge is -2.13. The minimum Gasteiger partial charge on any atom is -0.493 e. The van der Waals surface area contributed by atoms with Crippen LogP contribution in [0.15, 0.2) is 91.5 Å². The van der Waals surface area contributed by atoms with Crippen molar-refractivity contribution in [3.05, 3.63) is 103 Å². The first-order valence-electron chi connectivity index (χ1n) is 9.87. The average molecular weight is 433 g/mol. The molecule has 3 aromatic rings. The average Bonchev–Trinajstić information content (AvgIpc) is 2.79. The van der Waals surface area contributed by atoms with Crippen LogP contribution in [0.25, 0.3) is 0 Å². The molecule has 0 saturated heterocycles. The van der Waals surface area contributed by atoms with E-state index in [9.17, 15) is 4.79 Å². The zero-order chi connectivity index (χ0) is 21.9. The van der Waals surface area contributed by atoms with Crippen molar-refractivity contribution in [3.63, 3.8) is 0 Å². The number of anilines is 1. The first-order valence-corrected chi connectivity index (χ1v) is 10.3. The minimum atomic E-state index is -0.308. The maximum absolute atomic E-state index is 12.5. The predicted molar refractivity (Wildman–Crippen MR) is 128 cm³/mol. The molecule has 0 aliphatic carbocycles. The smallest absolute Gasteiger partial charge is 0.257 e. The summed E-state index contributed by atoms with van der Waals surface area (Å²) in [5, 5.41) is 5.85. The number of carbonyl (C=O) groups excluding carboxylic acids is 1. The highest BCUT2D eigenvalue weighted by molar-refractivity contribution is 7.80. The minimum absolute atomic E-state index is 0.183. The molecule has 0 bridgehead atoms. The van der Waals surface area contributed by atoms with Crippen LogP contribution in [0, 0.1) is 0 Å². The Morgan fingerprint density at radius 2 is 1.65 bits per heavy atom. The normalized spacial score (nSPS) is 10.1. The summed E-state index contributed by atoms with van der Waals surface area (Å²) in [5.41, 5.74) is 2.36. The number of hydrogen-bond donors (Lipinski definition) is 2. The third-order valence-corrected chi connectivity index (χ3v) is 4.54. The third kappa shape index (κ3) is 6.97. The number of thiocarbonyl (C=S) groups is 1.